The van der Waals surface area contributed by atoms with E-state index in [0.29, 0.717) is 0 Å². The van der Waals surface area contributed by atoms with Crippen molar-refractivity contribution < 1.29 is 8.85 Å². The van der Waals surface area contributed by atoms with E-state index in [1.165, 1.54) is 51.7 Å². The lowest BCUT2D eigenvalue weighted by atomic mass is 10.2. The lowest BCUT2D eigenvalue weighted by Crippen LogP contribution is -2.40. The molecule has 17 heavy (non-hydrogen) atoms. The maximum Gasteiger partial charge on any atom is 0.337 e. The Kier molecular flexibility index (Phi) is 7.35. The normalized spacial score (nSPS) is 19.2. The van der Waals surface area contributed by atoms with Crippen molar-refractivity contribution in [1.82, 2.24) is 4.90 Å². The van der Waals surface area contributed by atoms with Crippen LogP contribution in [-0.2, 0) is 8.85 Å². The topological polar surface area (TPSA) is 21.7 Å². The van der Waals surface area contributed by atoms with Crippen LogP contribution in [0.25, 0.3) is 0 Å². The molecule has 1 saturated heterocycles. The summed E-state index contributed by atoms with van der Waals surface area (Å²) < 4.78 is 11.3. The monoisotopic (exact) mass is 259 g/mol. The second-order valence-electron chi connectivity index (χ2n) is 5.03. The highest BCUT2D eigenvalue weighted by Crippen LogP contribution is 2.20. The van der Waals surface area contributed by atoms with Gasteiger partial charge in [0.2, 0.25) is 0 Å². The summed E-state index contributed by atoms with van der Waals surface area (Å²) in [7, 11) is 1.78. The average molecular weight is 259 g/mol. The van der Waals surface area contributed by atoms with E-state index >= 15 is 0 Å². The van der Waals surface area contributed by atoms with Gasteiger partial charge in [0.15, 0.2) is 0 Å². The third-order valence-electron chi connectivity index (χ3n) is 4.01. The minimum absolute atomic E-state index is 1.06. The van der Waals surface area contributed by atoms with Crippen molar-refractivity contribution in [1.29, 1.82) is 0 Å². The number of nitrogens with zero attached hydrogens (tertiary/aromatic N) is 1. The molecule has 0 unspecified atom stereocenters. The van der Waals surface area contributed by atoms with Crippen LogP contribution in [0.15, 0.2) is 0 Å². The summed E-state index contributed by atoms with van der Waals surface area (Å²) in [6.07, 6.45) is 6.82. The van der Waals surface area contributed by atoms with E-state index in [9.17, 15) is 0 Å². The van der Waals surface area contributed by atoms with Crippen LogP contribution in [0.2, 0.25) is 12.1 Å². The Labute approximate surface area is 108 Å². The zero-order valence-corrected chi connectivity index (χ0v) is 12.8. The minimum atomic E-state index is -1.84. The number of hydrogen-bond acceptors (Lipinski definition) is 3. The largest absolute Gasteiger partial charge is 0.398 e. The van der Waals surface area contributed by atoms with Crippen LogP contribution in [0.1, 0.15) is 39.0 Å². The molecular weight excluding hydrogens is 230 g/mol. The molecule has 0 radical (unpaired) electrons. The second-order valence-corrected chi connectivity index (χ2v) is 8.88. The fourth-order valence-electron chi connectivity index (χ4n) is 2.68. The Bertz CT molecular complexity index is 182. The van der Waals surface area contributed by atoms with Gasteiger partial charge in [-0.25, -0.2) is 0 Å². The van der Waals surface area contributed by atoms with E-state index in [1.807, 2.05) is 14.2 Å². The predicted molar refractivity (Wildman–Crippen MR) is 74.6 cm³/mol. The summed E-state index contributed by atoms with van der Waals surface area (Å²) in [5.41, 5.74) is 0. The van der Waals surface area contributed by atoms with Crippen LogP contribution in [0.3, 0.4) is 0 Å². The van der Waals surface area contributed by atoms with Gasteiger partial charge in [-0.15, -0.1) is 0 Å². The van der Waals surface area contributed by atoms with Gasteiger partial charge in [0.1, 0.15) is 0 Å². The fourth-order valence-corrected chi connectivity index (χ4v) is 4.89. The molecule has 0 aromatic carbocycles. The summed E-state index contributed by atoms with van der Waals surface area (Å²) in [4.78, 5) is 2.62. The number of hydrogen-bond donors (Lipinski definition) is 0. The molecule has 0 saturated carbocycles. The molecule has 0 amide bonds. The molecule has 0 aromatic heterocycles. The summed E-state index contributed by atoms with van der Waals surface area (Å²) in [6.45, 7) is 5.99. The van der Waals surface area contributed by atoms with E-state index < -0.39 is 8.56 Å². The van der Waals surface area contributed by atoms with E-state index in [0.717, 1.165) is 12.1 Å². The minimum Gasteiger partial charge on any atom is -0.398 e. The van der Waals surface area contributed by atoms with Gasteiger partial charge in [0, 0.05) is 14.2 Å². The summed E-state index contributed by atoms with van der Waals surface area (Å²) >= 11 is 0. The van der Waals surface area contributed by atoms with Gasteiger partial charge in [-0.1, -0.05) is 19.8 Å². The van der Waals surface area contributed by atoms with Crippen molar-refractivity contribution in [2.45, 2.75) is 51.1 Å². The molecule has 0 bridgehead atoms. The first-order chi connectivity index (χ1) is 8.26. The van der Waals surface area contributed by atoms with Crippen LogP contribution in [0.4, 0.5) is 0 Å². The first kappa shape index (κ1) is 15.2. The zero-order chi connectivity index (χ0) is 12.6. The Morgan fingerprint density at radius 1 is 1.00 bits per heavy atom. The van der Waals surface area contributed by atoms with Gasteiger partial charge < -0.3 is 13.8 Å². The highest BCUT2D eigenvalue weighted by atomic mass is 28.4. The molecule has 1 fully saturated rings. The third-order valence-corrected chi connectivity index (χ3v) is 7.69. The van der Waals surface area contributed by atoms with E-state index in [2.05, 4.69) is 11.8 Å². The molecule has 1 rings (SSSR count). The van der Waals surface area contributed by atoms with E-state index in [-0.39, 0.29) is 0 Å². The van der Waals surface area contributed by atoms with E-state index in [1.54, 1.807) is 0 Å². The van der Waals surface area contributed by atoms with Crippen molar-refractivity contribution >= 4 is 8.56 Å². The lowest BCUT2D eigenvalue weighted by molar-refractivity contribution is 0.234. The smallest absolute Gasteiger partial charge is 0.337 e. The molecular formula is C13H29NO2Si. The highest BCUT2D eigenvalue weighted by Gasteiger charge is 2.32. The molecule has 0 spiro atoms. The highest BCUT2D eigenvalue weighted by molar-refractivity contribution is 6.67. The number of likely N-dealkylation sites (tertiary alicyclic amines) is 1. The van der Waals surface area contributed by atoms with Gasteiger partial charge in [-0.3, -0.25) is 0 Å². The first-order valence-corrected chi connectivity index (χ1v) is 9.32. The summed E-state index contributed by atoms with van der Waals surface area (Å²) in [5.74, 6) is 0. The maximum absolute atomic E-state index is 5.65. The van der Waals surface area contributed by atoms with Crippen molar-refractivity contribution in [2.24, 2.45) is 0 Å². The molecule has 0 aromatic rings. The maximum atomic E-state index is 5.65. The predicted octanol–water partition coefficient (Wildman–Crippen LogP) is 3.01. The van der Waals surface area contributed by atoms with Crippen LogP contribution in [-0.4, -0.2) is 47.3 Å². The van der Waals surface area contributed by atoms with Crippen LogP contribution >= 0.6 is 0 Å². The van der Waals surface area contributed by atoms with Crippen molar-refractivity contribution in [2.75, 3.05) is 33.9 Å². The summed E-state index contributed by atoms with van der Waals surface area (Å²) in [6, 6.07) is 2.19. The molecule has 0 atom stereocenters. The number of rotatable bonds is 7. The molecule has 1 heterocycles. The van der Waals surface area contributed by atoms with Gasteiger partial charge in [0.25, 0.3) is 0 Å². The van der Waals surface area contributed by atoms with Crippen molar-refractivity contribution in [3.8, 4) is 0 Å². The Balaban J connectivity index is 2.25. The van der Waals surface area contributed by atoms with Crippen molar-refractivity contribution in [3.63, 3.8) is 0 Å². The quantitative estimate of drug-likeness (QED) is 0.656. The van der Waals surface area contributed by atoms with Gasteiger partial charge >= 0.3 is 8.56 Å². The Morgan fingerprint density at radius 2 is 1.59 bits per heavy atom. The summed E-state index contributed by atoms with van der Waals surface area (Å²) in [5, 5.41) is 0. The molecule has 1 aliphatic rings. The van der Waals surface area contributed by atoms with Gasteiger partial charge in [-0.05, 0) is 51.0 Å². The lowest BCUT2D eigenvalue weighted by Gasteiger charge is -2.27. The molecule has 0 N–H and O–H groups in total. The molecule has 102 valence electrons. The standard InChI is InChI=1S/C13H29NO2Si/c1-4-17(15-2,16-3)13-9-12-14-10-7-5-6-8-11-14/h4-13H2,1-3H3. The SMILES string of the molecule is CC[Si](CCCN1CCCCCC1)(OC)OC. The molecule has 4 heteroatoms. The second kappa shape index (κ2) is 8.24. The Morgan fingerprint density at radius 3 is 2.06 bits per heavy atom. The van der Waals surface area contributed by atoms with Crippen molar-refractivity contribution in [3.05, 3.63) is 0 Å². The van der Waals surface area contributed by atoms with E-state index in [4.69, 9.17) is 8.85 Å². The molecule has 1 aliphatic heterocycles. The molecule has 0 aliphatic carbocycles. The van der Waals surface area contributed by atoms with Gasteiger partial charge in [-0.2, -0.15) is 0 Å². The molecule has 3 nitrogen and oxygen atoms in total. The zero-order valence-electron chi connectivity index (χ0n) is 11.8. The average Bonchev–Trinajstić information content (AvgIpc) is 2.64. The van der Waals surface area contributed by atoms with Crippen LogP contribution < -0.4 is 0 Å². The Hall–Kier alpha value is 0.0969. The van der Waals surface area contributed by atoms with Crippen LogP contribution in [0.5, 0.6) is 0 Å². The third kappa shape index (κ3) is 5.08. The van der Waals surface area contributed by atoms with Crippen LogP contribution in [0, 0.1) is 0 Å². The fraction of sp³-hybridized carbons (Fsp3) is 1.00. The first-order valence-electron chi connectivity index (χ1n) is 7.09. The van der Waals surface area contributed by atoms with Gasteiger partial charge in [0.05, 0.1) is 0 Å².